The maximum Gasteiger partial charge on any atom is 0.302 e. The van der Waals surface area contributed by atoms with Gasteiger partial charge in [0.05, 0.1) is 0 Å². The Kier molecular flexibility index (Phi) is 2.78. The van der Waals surface area contributed by atoms with Gasteiger partial charge < -0.3 is 4.74 Å². The maximum absolute atomic E-state index is 11.0. The summed E-state index contributed by atoms with van der Waals surface area (Å²) in [6.45, 7) is 1.94. The minimum Gasteiger partial charge on any atom is -0.465 e. The molecule has 92 valence electrons. The SMILES string of the molecule is CC(=O)OCC1C2=C(C=CCC2)c2ccccc21. The van der Waals surface area contributed by atoms with Crippen LogP contribution in [0.1, 0.15) is 36.8 Å². The lowest BCUT2D eigenvalue weighted by Crippen LogP contribution is -2.11. The maximum atomic E-state index is 11.0. The van der Waals surface area contributed by atoms with Crippen molar-refractivity contribution in [2.45, 2.75) is 25.7 Å². The topological polar surface area (TPSA) is 26.3 Å². The van der Waals surface area contributed by atoms with Gasteiger partial charge in [-0.05, 0) is 29.5 Å². The number of fused-ring (bicyclic) bond motifs is 2. The van der Waals surface area contributed by atoms with Crippen molar-refractivity contribution in [2.75, 3.05) is 6.61 Å². The third-order valence-electron chi connectivity index (χ3n) is 3.71. The van der Waals surface area contributed by atoms with E-state index >= 15 is 0 Å². The van der Waals surface area contributed by atoms with Gasteiger partial charge in [0.2, 0.25) is 0 Å². The van der Waals surface area contributed by atoms with Crippen LogP contribution in [0.5, 0.6) is 0 Å². The highest BCUT2D eigenvalue weighted by atomic mass is 16.5. The van der Waals surface area contributed by atoms with Crippen molar-refractivity contribution in [2.24, 2.45) is 0 Å². The van der Waals surface area contributed by atoms with E-state index in [2.05, 4.69) is 36.4 Å². The summed E-state index contributed by atoms with van der Waals surface area (Å²) in [4.78, 5) is 11.0. The molecule has 0 saturated carbocycles. The molecule has 0 N–H and O–H groups in total. The fourth-order valence-electron chi connectivity index (χ4n) is 2.93. The number of esters is 1. The van der Waals surface area contributed by atoms with Gasteiger partial charge >= 0.3 is 5.97 Å². The van der Waals surface area contributed by atoms with Crippen molar-refractivity contribution in [1.82, 2.24) is 0 Å². The van der Waals surface area contributed by atoms with E-state index in [1.165, 1.54) is 29.2 Å². The molecule has 0 saturated heterocycles. The van der Waals surface area contributed by atoms with Crippen LogP contribution in [-0.2, 0) is 9.53 Å². The van der Waals surface area contributed by atoms with Crippen molar-refractivity contribution < 1.29 is 9.53 Å². The van der Waals surface area contributed by atoms with Gasteiger partial charge in [0.1, 0.15) is 6.61 Å². The molecule has 1 aromatic carbocycles. The van der Waals surface area contributed by atoms with E-state index in [0.29, 0.717) is 6.61 Å². The molecule has 0 fully saturated rings. The zero-order valence-corrected chi connectivity index (χ0v) is 10.5. The number of carbonyl (C=O) groups is 1. The zero-order chi connectivity index (χ0) is 12.5. The molecule has 2 aliphatic carbocycles. The fourth-order valence-corrected chi connectivity index (χ4v) is 2.93. The molecule has 0 amide bonds. The molecular weight excluding hydrogens is 224 g/mol. The number of ether oxygens (including phenoxy) is 1. The third kappa shape index (κ3) is 1.78. The molecule has 0 aliphatic heterocycles. The number of allylic oxidation sites excluding steroid dienone is 3. The lowest BCUT2D eigenvalue weighted by molar-refractivity contribution is -0.141. The van der Waals surface area contributed by atoms with Crippen LogP contribution in [-0.4, -0.2) is 12.6 Å². The lowest BCUT2D eigenvalue weighted by Gasteiger charge is -2.17. The van der Waals surface area contributed by atoms with E-state index in [1.807, 2.05) is 0 Å². The normalized spacial score (nSPS) is 20.6. The van der Waals surface area contributed by atoms with Crippen LogP contribution in [0.25, 0.3) is 5.57 Å². The van der Waals surface area contributed by atoms with Gasteiger partial charge in [0, 0.05) is 12.8 Å². The zero-order valence-electron chi connectivity index (χ0n) is 10.5. The molecule has 2 aliphatic rings. The van der Waals surface area contributed by atoms with Gasteiger partial charge in [0.25, 0.3) is 0 Å². The minimum absolute atomic E-state index is 0.201. The summed E-state index contributed by atoms with van der Waals surface area (Å²) in [7, 11) is 0. The number of hydrogen-bond donors (Lipinski definition) is 0. The second kappa shape index (κ2) is 4.45. The molecule has 1 unspecified atom stereocenters. The van der Waals surface area contributed by atoms with Crippen LogP contribution in [0.3, 0.4) is 0 Å². The predicted octanol–water partition coefficient (Wildman–Crippen LogP) is 3.45. The molecule has 1 atom stereocenters. The Hall–Kier alpha value is -1.83. The molecule has 1 aromatic rings. The second-order valence-corrected chi connectivity index (χ2v) is 4.82. The van der Waals surface area contributed by atoms with Crippen molar-refractivity contribution in [3.8, 4) is 0 Å². The van der Waals surface area contributed by atoms with Crippen LogP contribution in [0.2, 0.25) is 0 Å². The van der Waals surface area contributed by atoms with Crippen molar-refractivity contribution >= 4 is 11.5 Å². The van der Waals surface area contributed by atoms with Gasteiger partial charge in [-0.1, -0.05) is 42.0 Å². The smallest absolute Gasteiger partial charge is 0.302 e. The Labute approximate surface area is 107 Å². The van der Waals surface area contributed by atoms with Gasteiger partial charge in [0.15, 0.2) is 0 Å². The molecule has 0 spiro atoms. The summed E-state index contributed by atoms with van der Waals surface area (Å²) in [6, 6.07) is 8.44. The van der Waals surface area contributed by atoms with E-state index in [9.17, 15) is 4.79 Å². The molecule has 2 nitrogen and oxygen atoms in total. The highest BCUT2D eigenvalue weighted by Gasteiger charge is 2.31. The summed E-state index contributed by atoms with van der Waals surface area (Å²) >= 11 is 0. The summed E-state index contributed by atoms with van der Waals surface area (Å²) in [5, 5.41) is 0. The van der Waals surface area contributed by atoms with E-state index in [0.717, 1.165) is 12.8 Å². The number of carbonyl (C=O) groups excluding carboxylic acids is 1. The summed E-state index contributed by atoms with van der Waals surface area (Å²) in [5.41, 5.74) is 5.38. The van der Waals surface area contributed by atoms with Crippen LogP contribution in [0.15, 0.2) is 42.0 Å². The first-order chi connectivity index (χ1) is 8.77. The van der Waals surface area contributed by atoms with Crippen LogP contribution >= 0.6 is 0 Å². The Balaban J connectivity index is 1.99. The van der Waals surface area contributed by atoms with E-state index in [4.69, 9.17) is 4.74 Å². The quantitative estimate of drug-likeness (QED) is 0.740. The monoisotopic (exact) mass is 240 g/mol. The first-order valence-electron chi connectivity index (χ1n) is 6.39. The molecule has 3 rings (SSSR count). The van der Waals surface area contributed by atoms with Crippen LogP contribution < -0.4 is 0 Å². The Bertz CT molecular complexity index is 552. The van der Waals surface area contributed by atoms with E-state index in [1.54, 1.807) is 0 Å². The van der Waals surface area contributed by atoms with Crippen LogP contribution in [0.4, 0.5) is 0 Å². The fraction of sp³-hybridized carbons (Fsp3) is 0.312. The largest absolute Gasteiger partial charge is 0.465 e. The van der Waals surface area contributed by atoms with Gasteiger partial charge in [-0.15, -0.1) is 0 Å². The Morgan fingerprint density at radius 2 is 2.22 bits per heavy atom. The molecule has 2 heteroatoms. The lowest BCUT2D eigenvalue weighted by atomic mass is 9.91. The van der Waals surface area contributed by atoms with Crippen molar-refractivity contribution in [1.29, 1.82) is 0 Å². The van der Waals surface area contributed by atoms with Crippen molar-refractivity contribution in [3.63, 3.8) is 0 Å². The average molecular weight is 240 g/mol. The first-order valence-corrected chi connectivity index (χ1v) is 6.39. The highest BCUT2D eigenvalue weighted by Crippen LogP contribution is 2.46. The highest BCUT2D eigenvalue weighted by molar-refractivity contribution is 5.85. The molecule has 0 aromatic heterocycles. The van der Waals surface area contributed by atoms with Gasteiger partial charge in [-0.3, -0.25) is 4.79 Å². The van der Waals surface area contributed by atoms with Gasteiger partial charge in [-0.25, -0.2) is 0 Å². The Morgan fingerprint density at radius 1 is 1.39 bits per heavy atom. The predicted molar refractivity (Wildman–Crippen MR) is 71.1 cm³/mol. The third-order valence-corrected chi connectivity index (χ3v) is 3.71. The molecule has 0 radical (unpaired) electrons. The second-order valence-electron chi connectivity index (χ2n) is 4.82. The molecule has 0 heterocycles. The molecular formula is C16H16O2. The molecule has 18 heavy (non-hydrogen) atoms. The minimum atomic E-state index is -0.201. The van der Waals surface area contributed by atoms with E-state index in [-0.39, 0.29) is 11.9 Å². The number of benzene rings is 1. The van der Waals surface area contributed by atoms with Crippen molar-refractivity contribution in [3.05, 3.63) is 53.1 Å². The number of hydrogen-bond acceptors (Lipinski definition) is 2. The summed E-state index contributed by atoms with van der Waals surface area (Å²) in [5.74, 6) is 0.0536. The Morgan fingerprint density at radius 3 is 3.06 bits per heavy atom. The van der Waals surface area contributed by atoms with Crippen LogP contribution in [0, 0.1) is 0 Å². The summed E-state index contributed by atoms with van der Waals surface area (Å²) in [6.07, 6.45) is 6.60. The van der Waals surface area contributed by atoms with Gasteiger partial charge in [-0.2, -0.15) is 0 Å². The van der Waals surface area contributed by atoms with E-state index < -0.39 is 0 Å². The number of rotatable bonds is 2. The first kappa shape index (κ1) is 11.3. The average Bonchev–Trinajstić information content (AvgIpc) is 2.71. The summed E-state index contributed by atoms with van der Waals surface area (Å²) < 4.78 is 5.23. The molecule has 0 bridgehead atoms. The standard InChI is InChI=1S/C16H16O2/c1-11(17)18-10-16-14-8-4-2-6-12(14)13-7-3-5-9-15(13)16/h2-4,6-8,16H,5,9-10H2,1H3.